The molecule has 1 aromatic carbocycles. The predicted molar refractivity (Wildman–Crippen MR) is 67.8 cm³/mol. The topological polar surface area (TPSA) is 41.1 Å². The fourth-order valence-corrected chi connectivity index (χ4v) is 1.52. The van der Waals surface area contributed by atoms with Crippen LogP contribution in [0.15, 0.2) is 18.2 Å². The van der Waals surface area contributed by atoms with Crippen molar-refractivity contribution in [3.05, 3.63) is 29.3 Å². The fourth-order valence-electron chi connectivity index (χ4n) is 1.52. The molecule has 3 nitrogen and oxygen atoms in total. The first-order valence-electron chi connectivity index (χ1n) is 5.60. The summed E-state index contributed by atoms with van der Waals surface area (Å²) in [5, 5.41) is 5.65. The van der Waals surface area contributed by atoms with Gasteiger partial charge in [0.1, 0.15) is 0 Å². The van der Waals surface area contributed by atoms with Gasteiger partial charge in [-0.15, -0.1) is 0 Å². The average molecular weight is 220 g/mol. The van der Waals surface area contributed by atoms with Crippen LogP contribution in [0.1, 0.15) is 25.0 Å². The Bertz CT molecular complexity index is 352. The Labute approximate surface area is 97.2 Å². The quantitative estimate of drug-likeness (QED) is 0.807. The number of rotatable bonds is 3. The highest BCUT2D eigenvalue weighted by molar-refractivity contribution is 5.89. The highest BCUT2D eigenvalue weighted by Crippen LogP contribution is 2.13. The van der Waals surface area contributed by atoms with Gasteiger partial charge in [-0.05, 0) is 43.0 Å². The van der Waals surface area contributed by atoms with Gasteiger partial charge in [0.2, 0.25) is 0 Å². The molecule has 2 amide bonds. The first kappa shape index (κ1) is 12.6. The molecule has 0 fully saturated rings. The van der Waals surface area contributed by atoms with E-state index >= 15 is 0 Å². The number of carbonyl (C=O) groups is 1. The van der Waals surface area contributed by atoms with Gasteiger partial charge in [-0.1, -0.05) is 19.9 Å². The first-order valence-corrected chi connectivity index (χ1v) is 5.60. The van der Waals surface area contributed by atoms with Gasteiger partial charge in [-0.25, -0.2) is 4.79 Å². The lowest BCUT2D eigenvalue weighted by Crippen LogP contribution is -2.31. The van der Waals surface area contributed by atoms with Crippen molar-refractivity contribution in [2.24, 2.45) is 5.92 Å². The maximum absolute atomic E-state index is 11.5. The number of hydrogen-bond acceptors (Lipinski definition) is 1. The van der Waals surface area contributed by atoms with Crippen molar-refractivity contribution >= 4 is 11.7 Å². The Balaban J connectivity index is 2.56. The van der Waals surface area contributed by atoms with E-state index in [9.17, 15) is 4.79 Å². The van der Waals surface area contributed by atoms with Gasteiger partial charge in [-0.3, -0.25) is 0 Å². The summed E-state index contributed by atoms with van der Waals surface area (Å²) in [7, 11) is 0. The first-order chi connectivity index (χ1) is 7.47. The van der Waals surface area contributed by atoms with Crippen molar-refractivity contribution in [2.75, 3.05) is 11.9 Å². The third-order valence-electron chi connectivity index (χ3n) is 2.15. The maximum Gasteiger partial charge on any atom is 0.319 e. The molecule has 88 valence electrons. The summed E-state index contributed by atoms with van der Waals surface area (Å²) < 4.78 is 0. The van der Waals surface area contributed by atoms with Crippen LogP contribution in [0.25, 0.3) is 0 Å². The molecular weight excluding hydrogens is 200 g/mol. The molecule has 0 radical (unpaired) electrons. The van der Waals surface area contributed by atoms with Crippen LogP contribution in [0.2, 0.25) is 0 Å². The zero-order chi connectivity index (χ0) is 12.1. The lowest BCUT2D eigenvalue weighted by Gasteiger charge is -2.10. The standard InChI is InChI=1S/C13H20N2O/c1-9(2)8-14-13(16)15-12-6-10(3)5-11(4)7-12/h5-7,9H,8H2,1-4H3,(H2,14,15,16). The van der Waals surface area contributed by atoms with E-state index in [4.69, 9.17) is 0 Å². The van der Waals surface area contributed by atoms with Crippen LogP contribution in [0, 0.1) is 19.8 Å². The number of anilines is 1. The molecule has 0 bridgehead atoms. The van der Waals surface area contributed by atoms with Crippen LogP contribution in [0.4, 0.5) is 10.5 Å². The minimum Gasteiger partial charge on any atom is -0.338 e. The van der Waals surface area contributed by atoms with Crippen LogP contribution < -0.4 is 10.6 Å². The van der Waals surface area contributed by atoms with E-state index < -0.39 is 0 Å². The Kier molecular flexibility index (Phi) is 4.35. The molecule has 0 aliphatic carbocycles. The Morgan fingerprint density at radius 2 is 1.75 bits per heavy atom. The molecule has 2 N–H and O–H groups in total. The largest absolute Gasteiger partial charge is 0.338 e. The Hall–Kier alpha value is -1.51. The third kappa shape index (κ3) is 4.34. The monoisotopic (exact) mass is 220 g/mol. The number of urea groups is 1. The zero-order valence-electron chi connectivity index (χ0n) is 10.4. The Morgan fingerprint density at radius 3 is 2.25 bits per heavy atom. The van der Waals surface area contributed by atoms with Crippen LogP contribution in [-0.4, -0.2) is 12.6 Å². The number of nitrogens with one attached hydrogen (secondary N) is 2. The van der Waals surface area contributed by atoms with Crippen LogP contribution >= 0.6 is 0 Å². The van der Waals surface area contributed by atoms with E-state index in [-0.39, 0.29) is 6.03 Å². The SMILES string of the molecule is Cc1cc(C)cc(NC(=O)NCC(C)C)c1. The van der Waals surface area contributed by atoms with E-state index in [1.54, 1.807) is 0 Å². The summed E-state index contributed by atoms with van der Waals surface area (Å²) in [6, 6.07) is 5.86. The number of benzene rings is 1. The van der Waals surface area contributed by atoms with E-state index in [0.29, 0.717) is 12.5 Å². The van der Waals surface area contributed by atoms with Crippen molar-refractivity contribution < 1.29 is 4.79 Å². The van der Waals surface area contributed by atoms with E-state index in [0.717, 1.165) is 16.8 Å². The molecule has 0 heterocycles. The minimum absolute atomic E-state index is 0.140. The summed E-state index contributed by atoms with van der Waals surface area (Å²) >= 11 is 0. The molecule has 1 rings (SSSR count). The highest BCUT2D eigenvalue weighted by atomic mass is 16.2. The lowest BCUT2D eigenvalue weighted by molar-refractivity contribution is 0.251. The zero-order valence-corrected chi connectivity index (χ0v) is 10.4. The molecule has 0 aliphatic heterocycles. The molecule has 0 unspecified atom stereocenters. The van der Waals surface area contributed by atoms with E-state index in [1.807, 2.05) is 26.0 Å². The predicted octanol–water partition coefficient (Wildman–Crippen LogP) is 3.08. The summed E-state index contributed by atoms with van der Waals surface area (Å²) in [5.74, 6) is 0.463. The summed E-state index contributed by atoms with van der Waals surface area (Å²) in [4.78, 5) is 11.5. The van der Waals surface area contributed by atoms with Crippen molar-refractivity contribution in [1.82, 2.24) is 5.32 Å². The molecule has 0 spiro atoms. The molecule has 0 aromatic heterocycles. The maximum atomic E-state index is 11.5. The fraction of sp³-hybridized carbons (Fsp3) is 0.462. The smallest absolute Gasteiger partial charge is 0.319 e. The minimum atomic E-state index is -0.140. The molecule has 3 heteroatoms. The van der Waals surface area contributed by atoms with Crippen molar-refractivity contribution in [2.45, 2.75) is 27.7 Å². The molecule has 0 saturated carbocycles. The van der Waals surface area contributed by atoms with Crippen LogP contribution in [-0.2, 0) is 0 Å². The number of amides is 2. The number of carbonyl (C=O) groups excluding carboxylic acids is 1. The van der Waals surface area contributed by atoms with Gasteiger partial charge in [0.15, 0.2) is 0 Å². The molecule has 16 heavy (non-hydrogen) atoms. The lowest BCUT2D eigenvalue weighted by atomic mass is 10.1. The van der Waals surface area contributed by atoms with Gasteiger partial charge < -0.3 is 10.6 Å². The van der Waals surface area contributed by atoms with Crippen molar-refractivity contribution in [3.8, 4) is 0 Å². The summed E-state index contributed by atoms with van der Waals surface area (Å²) in [6.45, 7) is 8.86. The van der Waals surface area contributed by atoms with Gasteiger partial charge in [0, 0.05) is 12.2 Å². The number of aryl methyl sites for hydroxylation is 2. The molecule has 1 aromatic rings. The third-order valence-corrected chi connectivity index (χ3v) is 2.15. The number of hydrogen-bond donors (Lipinski definition) is 2. The van der Waals surface area contributed by atoms with Gasteiger partial charge >= 0.3 is 6.03 Å². The van der Waals surface area contributed by atoms with Gasteiger partial charge in [0.05, 0.1) is 0 Å². The molecule has 0 atom stereocenters. The van der Waals surface area contributed by atoms with E-state index in [2.05, 4.69) is 30.5 Å². The van der Waals surface area contributed by atoms with Crippen LogP contribution in [0.5, 0.6) is 0 Å². The van der Waals surface area contributed by atoms with Gasteiger partial charge in [-0.2, -0.15) is 0 Å². The van der Waals surface area contributed by atoms with Crippen molar-refractivity contribution in [1.29, 1.82) is 0 Å². The van der Waals surface area contributed by atoms with E-state index in [1.165, 1.54) is 0 Å². The summed E-state index contributed by atoms with van der Waals surface area (Å²) in [6.07, 6.45) is 0. The second kappa shape index (κ2) is 5.54. The second-order valence-electron chi connectivity index (χ2n) is 4.61. The van der Waals surface area contributed by atoms with Crippen LogP contribution in [0.3, 0.4) is 0 Å². The van der Waals surface area contributed by atoms with Crippen molar-refractivity contribution in [3.63, 3.8) is 0 Å². The summed E-state index contributed by atoms with van der Waals surface area (Å²) in [5.41, 5.74) is 3.15. The molecular formula is C13H20N2O. The second-order valence-corrected chi connectivity index (χ2v) is 4.61. The molecule has 0 aliphatic rings. The normalized spacial score (nSPS) is 10.3. The molecule has 0 saturated heterocycles. The van der Waals surface area contributed by atoms with Gasteiger partial charge in [0.25, 0.3) is 0 Å². The average Bonchev–Trinajstić information content (AvgIpc) is 2.12. The Morgan fingerprint density at radius 1 is 1.19 bits per heavy atom. The highest BCUT2D eigenvalue weighted by Gasteiger charge is 2.03.